The van der Waals surface area contributed by atoms with E-state index in [1.54, 1.807) is 13.8 Å². The fraction of sp³-hybridized carbons (Fsp3) is 0.400. The number of rotatable bonds is 9. The van der Waals surface area contributed by atoms with Gasteiger partial charge in [0, 0.05) is 12.5 Å². The number of hydrogen-bond donors (Lipinski definition) is 3. The van der Waals surface area contributed by atoms with Gasteiger partial charge in [0.25, 0.3) is 0 Å². The molecule has 3 N–H and O–H groups in total. The van der Waals surface area contributed by atoms with Crippen molar-refractivity contribution in [1.29, 1.82) is 0 Å². The SMILES string of the molecule is CCC(NC(=O)C(C)(CC)CNC(=O)OCC1c2ccccc2-c2ccccc21)C(=O)O. The Balaban J connectivity index is 1.60. The van der Waals surface area contributed by atoms with Crippen LogP contribution in [0.5, 0.6) is 0 Å². The fourth-order valence-electron chi connectivity index (χ4n) is 3.95. The summed E-state index contributed by atoms with van der Waals surface area (Å²) in [6.45, 7) is 5.44. The molecule has 0 saturated heterocycles. The molecule has 7 nitrogen and oxygen atoms in total. The van der Waals surface area contributed by atoms with Crippen LogP contribution in [0.1, 0.15) is 50.7 Å². The van der Waals surface area contributed by atoms with Gasteiger partial charge >= 0.3 is 12.1 Å². The number of hydrogen-bond acceptors (Lipinski definition) is 4. The molecule has 0 fully saturated rings. The number of carbonyl (C=O) groups excluding carboxylic acids is 2. The third kappa shape index (κ3) is 4.77. The third-order valence-corrected chi connectivity index (χ3v) is 6.31. The average molecular weight is 439 g/mol. The summed E-state index contributed by atoms with van der Waals surface area (Å²) in [5.74, 6) is -1.54. The van der Waals surface area contributed by atoms with Crippen LogP contribution in [0.15, 0.2) is 48.5 Å². The summed E-state index contributed by atoms with van der Waals surface area (Å²) in [6.07, 6.45) is 0.101. The zero-order valence-corrected chi connectivity index (χ0v) is 18.7. The van der Waals surface area contributed by atoms with Crippen LogP contribution >= 0.6 is 0 Å². The maximum atomic E-state index is 12.7. The molecule has 0 radical (unpaired) electrons. The van der Waals surface area contributed by atoms with Crippen molar-refractivity contribution in [2.75, 3.05) is 13.2 Å². The van der Waals surface area contributed by atoms with E-state index in [9.17, 15) is 19.5 Å². The van der Waals surface area contributed by atoms with Crippen LogP contribution in [0.25, 0.3) is 11.1 Å². The molecule has 0 bridgehead atoms. The van der Waals surface area contributed by atoms with Crippen LogP contribution in [0, 0.1) is 5.41 Å². The standard InChI is InChI=1S/C25H30N2O5/c1-4-21(22(28)29)27-23(30)25(3,5-2)15-26-24(31)32-14-20-18-12-8-6-10-16(18)17-11-7-9-13-19(17)20/h6-13,20-21H,4-5,14-15H2,1-3H3,(H,26,31)(H,27,30)(H,28,29). The Morgan fingerprint density at radius 2 is 1.59 bits per heavy atom. The van der Waals surface area contributed by atoms with Crippen LogP contribution in [0.4, 0.5) is 4.79 Å². The van der Waals surface area contributed by atoms with E-state index in [1.165, 1.54) is 0 Å². The van der Waals surface area contributed by atoms with Crippen LogP contribution in [0.2, 0.25) is 0 Å². The Morgan fingerprint density at radius 1 is 1.03 bits per heavy atom. The molecule has 1 aliphatic carbocycles. The molecule has 0 spiro atoms. The zero-order valence-electron chi connectivity index (χ0n) is 18.7. The third-order valence-electron chi connectivity index (χ3n) is 6.31. The fourth-order valence-corrected chi connectivity index (χ4v) is 3.95. The molecule has 0 saturated carbocycles. The number of nitrogens with one attached hydrogen (secondary N) is 2. The average Bonchev–Trinajstić information content (AvgIpc) is 3.13. The van der Waals surface area contributed by atoms with Gasteiger partial charge < -0.3 is 20.5 Å². The molecule has 2 unspecified atom stereocenters. The Morgan fingerprint density at radius 3 is 2.09 bits per heavy atom. The first-order valence-electron chi connectivity index (χ1n) is 10.9. The minimum Gasteiger partial charge on any atom is -0.480 e. The second-order valence-electron chi connectivity index (χ2n) is 8.37. The Kier molecular flexibility index (Phi) is 7.18. The van der Waals surface area contributed by atoms with Gasteiger partial charge in [-0.15, -0.1) is 0 Å². The largest absolute Gasteiger partial charge is 0.480 e. The summed E-state index contributed by atoms with van der Waals surface area (Å²) in [7, 11) is 0. The predicted molar refractivity (Wildman–Crippen MR) is 121 cm³/mol. The van der Waals surface area contributed by atoms with E-state index in [0.717, 1.165) is 22.3 Å². The van der Waals surface area contributed by atoms with Crippen LogP contribution < -0.4 is 10.6 Å². The molecule has 2 aromatic carbocycles. The first kappa shape index (κ1) is 23.3. The van der Waals surface area contributed by atoms with Gasteiger partial charge in [-0.25, -0.2) is 9.59 Å². The highest BCUT2D eigenvalue weighted by Crippen LogP contribution is 2.44. The molecular weight excluding hydrogens is 408 g/mol. The molecule has 0 aliphatic heterocycles. The summed E-state index contributed by atoms with van der Waals surface area (Å²) < 4.78 is 5.52. The highest BCUT2D eigenvalue weighted by Gasteiger charge is 2.35. The highest BCUT2D eigenvalue weighted by molar-refractivity contribution is 5.87. The van der Waals surface area contributed by atoms with E-state index >= 15 is 0 Å². The van der Waals surface area contributed by atoms with Gasteiger partial charge in [0.05, 0.1) is 5.41 Å². The van der Waals surface area contributed by atoms with E-state index in [2.05, 4.69) is 22.8 Å². The lowest BCUT2D eigenvalue weighted by molar-refractivity contribution is -0.143. The molecule has 0 heterocycles. The molecule has 2 aromatic rings. The second kappa shape index (κ2) is 9.85. The van der Waals surface area contributed by atoms with Gasteiger partial charge in [0.15, 0.2) is 0 Å². The van der Waals surface area contributed by atoms with Gasteiger partial charge in [-0.1, -0.05) is 62.4 Å². The predicted octanol–water partition coefficient (Wildman–Crippen LogP) is 3.92. The first-order valence-corrected chi connectivity index (χ1v) is 10.9. The molecule has 32 heavy (non-hydrogen) atoms. The van der Waals surface area contributed by atoms with Crippen molar-refractivity contribution in [2.45, 2.75) is 45.6 Å². The minimum absolute atomic E-state index is 0.0437. The van der Waals surface area contributed by atoms with E-state index < -0.39 is 29.4 Å². The maximum Gasteiger partial charge on any atom is 0.407 e. The summed E-state index contributed by atoms with van der Waals surface area (Å²) in [4.78, 5) is 36.3. The van der Waals surface area contributed by atoms with Crippen molar-refractivity contribution >= 4 is 18.0 Å². The molecule has 2 amide bonds. The van der Waals surface area contributed by atoms with Gasteiger partial charge in [0.1, 0.15) is 12.6 Å². The van der Waals surface area contributed by atoms with Crippen molar-refractivity contribution in [2.24, 2.45) is 5.41 Å². The maximum absolute atomic E-state index is 12.7. The molecule has 170 valence electrons. The Labute approximate surface area is 188 Å². The number of alkyl carbamates (subject to hydrolysis) is 1. The van der Waals surface area contributed by atoms with E-state index in [1.807, 2.05) is 43.3 Å². The highest BCUT2D eigenvalue weighted by atomic mass is 16.5. The summed E-state index contributed by atoms with van der Waals surface area (Å²) in [5, 5.41) is 14.4. The molecule has 0 aromatic heterocycles. The number of carbonyl (C=O) groups is 3. The van der Waals surface area contributed by atoms with Gasteiger partial charge in [0.2, 0.25) is 5.91 Å². The summed E-state index contributed by atoms with van der Waals surface area (Å²) >= 11 is 0. The van der Waals surface area contributed by atoms with Crippen LogP contribution in [0.3, 0.4) is 0 Å². The normalized spacial score (nSPS) is 15.1. The van der Waals surface area contributed by atoms with Crippen molar-refractivity contribution < 1.29 is 24.2 Å². The zero-order chi connectivity index (χ0) is 23.3. The van der Waals surface area contributed by atoms with Gasteiger partial charge in [-0.2, -0.15) is 0 Å². The van der Waals surface area contributed by atoms with Gasteiger partial charge in [-0.05, 0) is 42.0 Å². The van der Waals surface area contributed by atoms with E-state index in [4.69, 9.17) is 4.74 Å². The summed E-state index contributed by atoms with van der Waals surface area (Å²) in [5.41, 5.74) is 3.60. The van der Waals surface area contributed by atoms with E-state index in [-0.39, 0.29) is 25.5 Å². The molecule has 7 heteroatoms. The lowest BCUT2D eigenvalue weighted by atomic mass is 9.86. The number of benzene rings is 2. The Hall–Kier alpha value is -3.35. The molecular formula is C25H30N2O5. The number of ether oxygens (including phenoxy) is 1. The van der Waals surface area contributed by atoms with E-state index in [0.29, 0.717) is 6.42 Å². The van der Waals surface area contributed by atoms with Crippen LogP contribution in [-0.2, 0) is 14.3 Å². The number of aliphatic carboxylic acids is 1. The lowest BCUT2D eigenvalue weighted by Gasteiger charge is -2.28. The van der Waals surface area contributed by atoms with Crippen molar-refractivity contribution in [1.82, 2.24) is 10.6 Å². The monoisotopic (exact) mass is 438 g/mol. The van der Waals surface area contributed by atoms with Crippen molar-refractivity contribution in [3.8, 4) is 11.1 Å². The van der Waals surface area contributed by atoms with Crippen LogP contribution in [-0.4, -0.2) is 42.3 Å². The van der Waals surface area contributed by atoms with Crippen molar-refractivity contribution in [3.63, 3.8) is 0 Å². The number of fused-ring (bicyclic) bond motifs is 3. The van der Waals surface area contributed by atoms with Gasteiger partial charge in [-0.3, -0.25) is 4.79 Å². The molecule has 2 atom stereocenters. The smallest absolute Gasteiger partial charge is 0.407 e. The number of amides is 2. The minimum atomic E-state index is -1.08. The summed E-state index contributed by atoms with van der Waals surface area (Å²) in [6, 6.07) is 15.2. The number of carboxylic acid groups (broad SMARTS) is 1. The first-order chi connectivity index (χ1) is 15.3. The topological polar surface area (TPSA) is 105 Å². The molecule has 1 aliphatic rings. The van der Waals surface area contributed by atoms with Crippen molar-refractivity contribution in [3.05, 3.63) is 59.7 Å². The number of carboxylic acids is 1. The second-order valence-corrected chi connectivity index (χ2v) is 8.37. The molecule has 3 rings (SSSR count). The Bertz CT molecular complexity index is 960. The lowest BCUT2D eigenvalue weighted by Crippen LogP contribution is -2.51. The quantitative estimate of drug-likeness (QED) is 0.550.